The molecule has 0 aliphatic heterocycles. The van der Waals surface area contributed by atoms with Crippen molar-refractivity contribution in [2.75, 3.05) is 5.32 Å². The lowest BCUT2D eigenvalue weighted by Gasteiger charge is -2.10. The average molecular weight is 323 g/mol. The van der Waals surface area contributed by atoms with E-state index >= 15 is 0 Å². The third kappa shape index (κ3) is 4.66. The van der Waals surface area contributed by atoms with Gasteiger partial charge in [-0.15, -0.1) is 0 Å². The number of hydrogen-bond donors (Lipinski definition) is 2. The number of hydrogen-bond acceptors (Lipinski definition) is 4. The van der Waals surface area contributed by atoms with Gasteiger partial charge in [0.2, 0.25) is 0 Å². The molecule has 0 unspecified atom stereocenters. The topological polar surface area (TPSA) is 80.1 Å². The third-order valence-corrected chi connectivity index (χ3v) is 3.03. The SMILES string of the molecule is O=[N+]([O-])c1ccc(NC(=S)NCc2cc(Cl)ccn2)cc1. The Morgan fingerprint density at radius 2 is 2.05 bits per heavy atom. The third-order valence-electron chi connectivity index (χ3n) is 2.54. The molecule has 0 amide bonds. The Kier molecular flexibility index (Phi) is 5.02. The summed E-state index contributed by atoms with van der Waals surface area (Å²) in [5.41, 5.74) is 1.45. The van der Waals surface area contributed by atoms with E-state index in [9.17, 15) is 10.1 Å². The van der Waals surface area contributed by atoms with Gasteiger partial charge in [-0.25, -0.2) is 0 Å². The maximum atomic E-state index is 10.6. The highest BCUT2D eigenvalue weighted by Crippen LogP contribution is 2.15. The fourth-order valence-electron chi connectivity index (χ4n) is 1.56. The number of halogens is 1. The molecule has 0 aliphatic carbocycles. The van der Waals surface area contributed by atoms with Gasteiger partial charge in [-0.2, -0.15) is 0 Å². The molecule has 0 saturated carbocycles. The normalized spacial score (nSPS) is 9.95. The van der Waals surface area contributed by atoms with Gasteiger partial charge in [0.1, 0.15) is 0 Å². The molecule has 0 fully saturated rings. The number of anilines is 1. The van der Waals surface area contributed by atoms with Crippen molar-refractivity contribution >= 4 is 40.3 Å². The summed E-state index contributed by atoms with van der Waals surface area (Å²) in [5, 5.41) is 17.5. The van der Waals surface area contributed by atoms with Crippen LogP contribution in [0.4, 0.5) is 11.4 Å². The standard InChI is InChI=1S/C13H11ClN4O2S/c14-9-5-6-15-11(7-9)8-16-13(21)17-10-1-3-12(4-2-10)18(19)20/h1-7H,8H2,(H2,16,17,21). The van der Waals surface area contributed by atoms with Crippen LogP contribution in [0.1, 0.15) is 5.69 Å². The minimum absolute atomic E-state index is 0.0301. The summed E-state index contributed by atoms with van der Waals surface area (Å²) < 4.78 is 0. The highest BCUT2D eigenvalue weighted by Gasteiger charge is 2.05. The lowest BCUT2D eigenvalue weighted by atomic mass is 10.3. The van der Waals surface area contributed by atoms with E-state index in [4.69, 9.17) is 23.8 Å². The maximum Gasteiger partial charge on any atom is 0.269 e. The van der Waals surface area contributed by atoms with E-state index in [1.165, 1.54) is 12.1 Å². The van der Waals surface area contributed by atoms with Crippen LogP contribution in [0.2, 0.25) is 5.02 Å². The molecule has 2 rings (SSSR count). The second-order valence-corrected chi connectivity index (χ2v) is 4.92. The van der Waals surface area contributed by atoms with Gasteiger partial charge in [0, 0.05) is 29.0 Å². The fraction of sp³-hybridized carbons (Fsp3) is 0.0769. The first-order valence-corrected chi connectivity index (χ1v) is 6.73. The Morgan fingerprint density at radius 1 is 1.33 bits per heavy atom. The molecule has 0 radical (unpaired) electrons. The van der Waals surface area contributed by atoms with Crippen molar-refractivity contribution < 1.29 is 4.92 Å². The average Bonchev–Trinajstić information content (AvgIpc) is 2.46. The van der Waals surface area contributed by atoms with E-state index in [1.54, 1.807) is 30.5 Å². The summed E-state index contributed by atoms with van der Waals surface area (Å²) in [6.45, 7) is 0.430. The molecule has 0 spiro atoms. The van der Waals surface area contributed by atoms with Crippen molar-refractivity contribution in [1.29, 1.82) is 0 Å². The van der Waals surface area contributed by atoms with Crippen molar-refractivity contribution in [3.05, 3.63) is 63.4 Å². The zero-order chi connectivity index (χ0) is 15.2. The molecule has 2 N–H and O–H groups in total. The Morgan fingerprint density at radius 3 is 2.67 bits per heavy atom. The number of benzene rings is 1. The van der Waals surface area contributed by atoms with Crippen molar-refractivity contribution in [1.82, 2.24) is 10.3 Å². The molecule has 0 aliphatic rings. The molecule has 0 saturated heterocycles. The molecular weight excluding hydrogens is 312 g/mol. The van der Waals surface area contributed by atoms with Gasteiger partial charge in [0.15, 0.2) is 5.11 Å². The number of thiocarbonyl (C=S) groups is 1. The molecular formula is C13H11ClN4O2S. The molecule has 108 valence electrons. The van der Waals surface area contributed by atoms with Gasteiger partial charge < -0.3 is 10.6 Å². The van der Waals surface area contributed by atoms with Crippen LogP contribution in [0.15, 0.2) is 42.6 Å². The minimum atomic E-state index is -0.453. The summed E-state index contributed by atoms with van der Waals surface area (Å²) >= 11 is 11.0. The number of non-ortho nitro benzene ring substituents is 1. The molecule has 2 aromatic rings. The monoisotopic (exact) mass is 322 g/mol. The first-order chi connectivity index (χ1) is 10.0. The quantitative estimate of drug-likeness (QED) is 0.511. The van der Waals surface area contributed by atoms with Crippen LogP contribution in [0.5, 0.6) is 0 Å². The van der Waals surface area contributed by atoms with E-state index in [1.807, 2.05) is 0 Å². The summed E-state index contributed by atoms with van der Waals surface area (Å²) in [4.78, 5) is 14.2. The van der Waals surface area contributed by atoms with Crippen LogP contribution >= 0.6 is 23.8 Å². The van der Waals surface area contributed by atoms with Crippen LogP contribution in [0, 0.1) is 10.1 Å². The molecule has 8 heteroatoms. The van der Waals surface area contributed by atoms with Gasteiger partial charge in [-0.3, -0.25) is 15.1 Å². The Labute approximate surface area is 131 Å². The zero-order valence-corrected chi connectivity index (χ0v) is 12.3. The second-order valence-electron chi connectivity index (χ2n) is 4.08. The molecule has 21 heavy (non-hydrogen) atoms. The predicted molar refractivity (Wildman–Crippen MR) is 85.4 cm³/mol. The number of rotatable bonds is 4. The summed E-state index contributed by atoms with van der Waals surface area (Å²) in [5.74, 6) is 0. The predicted octanol–water partition coefficient (Wildman–Crippen LogP) is 3.13. The highest BCUT2D eigenvalue weighted by molar-refractivity contribution is 7.80. The zero-order valence-electron chi connectivity index (χ0n) is 10.7. The van der Waals surface area contributed by atoms with Gasteiger partial charge in [-0.1, -0.05) is 11.6 Å². The number of nitrogens with zero attached hydrogens (tertiary/aromatic N) is 2. The van der Waals surface area contributed by atoms with Gasteiger partial charge in [0.05, 0.1) is 17.2 Å². The lowest BCUT2D eigenvalue weighted by Crippen LogP contribution is -2.28. The van der Waals surface area contributed by atoms with Crippen LogP contribution in [-0.2, 0) is 6.54 Å². The molecule has 1 aromatic heterocycles. The number of nitro groups is 1. The molecule has 0 bridgehead atoms. The molecule has 1 heterocycles. The Bertz CT molecular complexity index is 663. The van der Waals surface area contributed by atoms with Crippen LogP contribution < -0.4 is 10.6 Å². The largest absolute Gasteiger partial charge is 0.357 e. The van der Waals surface area contributed by atoms with Crippen LogP contribution in [-0.4, -0.2) is 15.0 Å². The number of nitrogens with one attached hydrogen (secondary N) is 2. The lowest BCUT2D eigenvalue weighted by molar-refractivity contribution is -0.384. The van der Waals surface area contributed by atoms with Crippen LogP contribution in [0.3, 0.4) is 0 Å². The van der Waals surface area contributed by atoms with E-state index < -0.39 is 4.92 Å². The number of pyridine rings is 1. The van der Waals surface area contributed by atoms with Gasteiger partial charge in [-0.05, 0) is 36.5 Å². The Hall–Kier alpha value is -2.25. The number of nitro benzene ring substituents is 1. The van der Waals surface area contributed by atoms with E-state index in [-0.39, 0.29) is 5.69 Å². The summed E-state index contributed by atoms with van der Waals surface area (Å²) in [6.07, 6.45) is 1.62. The molecule has 0 atom stereocenters. The van der Waals surface area contributed by atoms with Crippen molar-refractivity contribution in [2.45, 2.75) is 6.54 Å². The van der Waals surface area contributed by atoms with Crippen molar-refractivity contribution in [2.24, 2.45) is 0 Å². The summed E-state index contributed by atoms with van der Waals surface area (Å²) in [7, 11) is 0. The van der Waals surface area contributed by atoms with Crippen LogP contribution in [0.25, 0.3) is 0 Å². The van der Waals surface area contributed by atoms with E-state index in [0.717, 1.165) is 5.69 Å². The highest BCUT2D eigenvalue weighted by atomic mass is 35.5. The summed E-state index contributed by atoms with van der Waals surface area (Å²) in [6, 6.07) is 9.42. The Balaban J connectivity index is 1.88. The van der Waals surface area contributed by atoms with E-state index in [0.29, 0.717) is 22.4 Å². The smallest absolute Gasteiger partial charge is 0.269 e. The molecule has 6 nitrogen and oxygen atoms in total. The van der Waals surface area contributed by atoms with Gasteiger partial charge >= 0.3 is 0 Å². The first kappa shape index (κ1) is 15.1. The van der Waals surface area contributed by atoms with E-state index in [2.05, 4.69) is 15.6 Å². The minimum Gasteiger partial charge on any atom is -0.357 e. The van der Waals surface area contributed by atoms with Crippen molar-refractivity contribution in [3.63, 3.8) is 0 Å². The first-order valence-electron chi connectivity index (χ1n) is 5.94. The number of aromatic nitrogens is 1. The van der Waals surface area contributed by atoms with Gasteiger partial charge in [0.25, 0.3) is 5.69 Å². The fourth-order valence-corrected chi connectivity index (χ4v) is 1.93. The molecule has 1 aromatic carbocycles. The second kappa shape index (κ2) is 6.96. The van der Waals surface area contributed by atoms with Crippen molar-refractivity contribution in [3.8, 4) is 0 Å². The maximum absolute atomic E-state index is 10.6.